The summed E-state index contributed by atoms with van der Waals surface area (Å²) in [4.78, 5) is 0. The van der Waals surface area contributed by atoms with Gasteiger partial charge in [0.1, 0.15) is 21.3 Å². The van der Waals surface area contributed by atoms with Gasteiger partial charge in [-0.15, -0.1) is 0 Å². The number of ether oxygens (including phenoxy) is 1. The first-order valence-electron chi connectivity index (χ1n) is 6.94. The highest BCUT2D eigenvalue weighted by atomic mass is 32.2. The Bertz CT molecular complexity index is 856. The van der Waals surface area contributed by atoms with Crippen LogP contribution in [0.1, 0.15) is 5.56 Å². The molecule has 2 aromatic rings. The van der Waals surface area contributed by atoms with Crippen molar-refractivity contribution in [3.05, 3.63) is 60.2 Å². The summed E-state index contributed by atoms with van der Waals surface area (Å²) < 4.78 is 52.3. The fourth-order valence-corrected chi connectivity index (χ4v) is 5.01. The first-order chi connectivity index (χ1) is 10.8. The van der Waals surface area contributed by atoms with Crippen LogP contribution in [0, 0.1) is 0 Å². The van der Waals surface area contributed by atoms with Gasteiger partial charge < -0.3 is 4.74 Å². The minimum atomic E-state index is -3.54. The van der Waals surface area contributed by atoms with Crippen molar-refractivity contribution in [1.82, 2.24) is 0 Å². The molecule has 0 aromatic heterocycles. The van der Waals surface area contributed by atoms with E-state index in [2.05, 4.69) is 0 Å². The molecule has 0 amide bonds. The van der Waals surface area contributed by atoms with E-state index < -0.39 is 25.4 Å². The van der Waals surface area contributed by atoms with Crippen LogP contribution in [-0.4, -0.2) is 34.6 Å². The molecule has 0 spiro atoms. The van der Waals surface area contributed by atoms with Crippen LogP contribution in [0.15, 0.2) is 54.6 Å². The Balaban J connectivity index is 2.17. The van der Waals surface area contributed by atoms with Crippen LogP contribution in [0.5, 0.6) is 11.5 Å². The number of sulfone groups is 2. The van der Waals surface area contributed by atoms with Gasteiger partial charge in [-0.1, -0.05) is 36.4 Å². The van der Waals surface area contributed by atoms with Crippen LogP contribution >= 0.6 is 0 Å². The summed E-state index contributed by atoms with van der Waals surface area (Å²) in [5.74, 6) is 0.0174. The van der Waals surface area contributed by atoms with E-state index in [0.29, 0.717) is 17.1 Å². The van der Waals surface area contributed by atoms with Gasteiger partial charge in [0.15, 0.2) is 9.84 Å². The molecule has 0 fully saturated rings. The zero-order valence-corrected chi connectivity index (χ0v) is 14.3. The van der Waals surface area contributed by atoms with Crippen LogP contribution in [0.4, 0.5) is 0 Å². The first-order valence-corrected chi connectivity index (χ1v) is 10.8. The second kappa shape index (κ2) is 7.14. The average Bonchev–Trinajstić information content (AvgIpc) is 2.48. The first kappa shape index (κ1) is 17.5. The number of para-hydroxylation sites is 2. The zero-order valence-electron chi connectivity index (χ0n) is 12.7. The fourth-order valence-electron chi connectivity index (χ4n) is 1.93. The number of benzene rings is 2. The van der Waals surface area contributed by atoms with E-state index in [0.717, 1.165) is 6.26 Å². The third kappa shape index (κ3) is 6.03. The van der Waals surface area contributed by atoms with Crippen LogP contribution in [0.25, 0.3) is 0 Å². The summed E-state index contributed by atoms with van der Waals surface area (Å²) in [5, 5.41) is 0. The highest BCUT2D eigenvalue weighted by molar-refractivity contribution is 7.94. The van der Waals surface area contributed by atoms with E-state index in [4.69, 9.17) is 4.74 Å². The summed E-state index contributed by atoms with van der Waals surface area (Å²) in [6, 6.07) is 15.9. The quantitative estimate of drug-likeness (QED) is 0.763. The molecule has 0 saturated heterocycles. The third-order valence-corrected chi connectivity index (χ3v) is 5.87. The largest absolute Gasteiger partial charge is 0.457 e. The van der Waals surface area contributed by atoms with Gasteiger partial charge in [0.2, 0.25) is 0 Å². The van der Waals surface area contributed by atoms with Gasteiger partial charge in [0.05, 0.1) is 17.3 Å². The fraction of sp³-hybridized carbons (Fsp3) is 0.250. The third-order valence-electron chi connectivity index (χ3n) is 3.08. The Morgan fingerprint density at radius 1 is 0.826 bits per heavy atom. The molecule has 0 bridgehead atoms. The van der Waals surface area contributed by atoms with Gasteiger partial charge in [-0.2, -0.15) is 0 Å². The van der Waals surface area contributed by atoms with Crippen LogP contribution in [-0.2, 0) is 25.4 Å². The SMILES string of the molecule is CS(=O)(=O)CCS(=O)(=O)Cc1ccccc1Oc1ccccc1. The smallest absolute Gasteiger partial charge is 0.155 e. The van der Waals surface area contributed by atoms with Gasteiger partial charge in [-0.3, -0.25) is 0 Å². The van der Waals surface area contributed by atoms with Gasteiger partial charge in [0, 0.05) is 11.8 Å². The lowest BCUT2D eigenvalue weighted by Crippen LogP contribution is -2.17. The Labute approximate surface area is 136 Å². The molecule has 2 aromatic carbocycles. The molecular formula is C16H18O5S2. The van der Waals surface area contributed by atoms with Gasteiger partial charge >= 0.3 is 0 Å². The molecule has 0 atom stereocenters. The highest BCUT2D eigenvalue weighted by Gasteiger charge is 2.18. The average molecular weight is 354 g/mol. The molecule has 0 aliphatic carbocycles. The van der Waals surface area contributed by atoms with E-state index in [9.17, 15) is 16.8 Å². The van der Waals surface area contributed by atoms with E-state index in [1.807, 2.05) is 18.2 Å². The molecule has 124 valence electrons. The van der Waals surface area contributed by atoms with Crippen molar-refractivity contribution in [2.75, 3.05) is 17.8 Å². The molecular weight excluding hydrogens is 336 g/mol. The van der Waals surface area contributed by atoms with Crippen LogP contribution in [0.2, 0.25) is 0 Å². The lowest BCUT2D eigenvalue weighted by molar-refractivity contribution is 0.477. The number of rotatable bonds is 7. The highest BCUT2D eigenvalue weighted by Crippen LogP contribution is 2.26. The van der Waals surface area contributed by atoms with Crippen molar-refractivity contribution in [3.8, 4) is 11.5 Å². The van der Waals surface area contributed by atoms with Crippen LogP contribution in [0.3, 0.4) is 0 Å². The summed E-state index contributed by atoms with van der Waals surface area (Å²) in [5.41, 5.74) is 0.504. The normalized spacial score (nSPS) is 12.0. The number of hydrogen-bond acceptors (Lipinski definition) is 5. The predicted octanol–water partition coefficient (Wildman–Crippen LogP) is 2.44. The van der Waals surface area contributed by atoms with Crippen molar-refractivity contribution in [3.63, 3.8) is 0 Å². The lowest BCUT2D eigenvalue weighted by atomic mass is 10.2. The van der Waals surface area contributed by atoms with Crippen molar-refractivity contribution in [2.45, 2.75) is 5.75 Å². The molecule has 23 heavy (non-hydrogen) atoms. The van der Waals surface area contributed by atoms with Gasteiger partial charge in [0.25, 0.3) is 0 Å². The number of hydrogen-bond donors (Lipinski definition) is 0. The van der Waals surface area contributed by atoms with E-state index in [-0.39, 0.29) is 11.5 Å². The van der Waals surface area contributed by atoms with Crippen molar-refractivity contribution in [1.29, 1.82) is 0 Å². The Morgan fingerprint density at radius 3 is 2.09 bits per heavy atom. The predicted molar refractivity (Wildman–Crippen MR) is 90.2 cm³/mol. The second-order valence-electron chi connectivity index (χ2n) is 5.24. The lowest BCUT2D eigenvalue weighted by Gasteiger charge is -2.11. The molecule has 5 nitrogen and oxygen atoms in total. The Kier molecular flexibility index (Phi) is 5.43. The monoisotopic (exact) mass is 354 g/mol. The molecule has 0 radical (unpaired) electrons. The minimum absolute atomic E-state index is 0.258. The topological polar surface area (TPSA) is 77.5 Å². The van der Waals surface area contributed by atoms with E-state index in [1.54, 1.807) is 36.4 Å². The summed E-state index contributed by atoms with van der Waals surface area (Å²) in [6.45, 7) is 0. The van der Waals surface area contributed by atoms with Crippen molar-refractivity contribution < 1.29 is 21.6 Å². The maximum absolute atomic E-state index is 12.1. The van der Waals surface area contributed by atoms with Crippen molar-refractivity contribution >= 4 is 19.7 Å². The summed E-state index contributed by atoms with van der Waals surface area (Å²) in [7, 11) is -6.86. The van der Waals surface area contributed by atoms with Gasteiger partial charge in [-0.05, 0) is 18.2 Å². The maximum atomic E-state index is 12.1. The maximum Gasteiger partial charge on any atom is 0.155 e. The van der Waals surface area contributed by atoms with E-state index >= 15 is 0 Å². The standard InChI is InChI=1S/C16H18O5S2/c1-22(17,18)11-12-23(19,20)13-14-7-5-6-10-16(14)21-15-8-3-2-4-9-15/h2-10H,11-13H2,1H3. The molecule has 0 aliphatic heterocycles. The van der Waals surface area contributed by atoms with Crippen LogP contribution < -0.4 is 4.74 Å². The summed E-state index contributed by atoms with van der Waals surface area (Å²) >= 11 is 0. The van der Waals surface area contributed by atoms with E-state index in [1.165, 1.54) is 0 Å². The minimum Gasteiger partial charge on any atom is -0.457 e. The Morgan fingerprint density at radius 2 is 1.43 bits per heavy atom. The Hall–Kier alpha value is -1.86. The second-order valence-corrected chi connectivity index (χ2v) is 9.69. The van der Waals surface area contributed by atoms with Crippen molar-refractivity contribution in [2.24, 2.45) is 0 Å². The molecule has 7 heteroatoms. The molecule has 0 aliphatic rings. The zero-order chi connectivity index (χ0) is 16.9. The summed E-state index contributed by atoms with van der Waals surface area (Å²) in [6.07, 6.45) is 1.02. The molecule has 0 N–H and O–H groups in total. The van der Waals surface area contributed by atoms with Gasteiger partial charge in [-0.25, -0.2) is 16.8 Å². The molecule has 2 rings (SSSR count). The molecule has 0 heterocycles. The molecule has 0 unspecified atom stereocenters. The molecule has 0 saturated carbocycles.